The highest BCUT2D eigenvalue weighted by Gasteiger charge is 2.16. The van der Waals surface area contributed by atoms with Gasteiger partial charge in [0.25, 0.3) is 0 Å². The lowest BCUT2D eigenvalue weighted by Gasteiger charge is -2.17. The first kappa shape index (κ1) is 17.0. The molecule has 25 heavy (non-hydrogen) atoms. The molecule has 0 bridgehead atoms. The fourth-order valence-electron chi connectivity index (χ4n) is 2.82. The van der Waals surface area contributed by atoms with Crippen LogP contribution < -0.4 is 14.8 Å². The molecular formula is C20H21NO4. The lowest BCUT2D eigenvalue weighted by atomic mass is 10.0. The lowest BCUT2D eigenvalue weighted by molar-refractivity contribution is -0.136. The van der Waals surface area contributed by atoms with Crippen LogP contribution in [0.25, 0.3) is 0 Å². The maximum absolute atomic E-state index is 12.1. The number of nitrogens with one attached hydrogen (secondary N) is 1. The molecule has 0 radical (unpaired) electrons. The van der Waals surface area contributed by atoms with Crippen LogP contribution in [0.1, 0.15) is 28.7 Å². The number of benzene rings is 2. The molecule has 0 saturated heterocycles. The molecule has 0 aliphatic carbocycles. The van der Waals surface area contributed by atoms with Gasteiger partial charge in [-0.25, -0.2) is 4.79 Å². The second kappa shape index (κ2) is 6.97. The Bertz CT molecular complexity index is 842. The van der Waals surface area contributed by atoms with Crippen molar-refractivity contribution in [3.63, 3.8) is 0 Å². The van der Waals surface area contributed by atoms with E-state index in [1.165, 1.54) is 0 Å². The number of anilines is 1. The van der Waals surface area contributed by atoms with Crippen molar-refractivity contribution >= 4 is 17.6 Å². The SMILES string of the molecule is Cc1ccc(C)c(OC(=O)COc2ccc3c(c2)CCC(=O)N3)c1C. The van der Waals surface area contributed by atoms with Gasteiger partial charge in [-0.05, 0) is 67.6 Å². The van der Waals surface area contributed by atoms with Crippen LogP contribution >= 0.6 is 0 Å². The number of esters is 1. The highest BCUT2D eigenvalue weighted by atomic mass is 16.6. The standard InChI is InChI=1S/C20H21NO4/c1-12-4-5-13(2)20(14(12)3)25-19(23)11-24-16-7-8-17-15(10-16)6-9-18(22)21-17/h4-5,7-8,10H,6,9,11H2,1-3H3,(H,21,22). The van der Waals surface area contributed by atoms with Crippen LogP contribution in [0.4, 0.5) is 5.69 Å². The van der Waals surface area contributed by atoms with Gasteiger partial charge in [-0.1, -0.05) is 12.1 Å². The summed E-state index contributed by atoms with van der Waals surface area (Å²) in [6.07, 6.45) is 1.13. The van der Waals surface area contributed by atoms with Gasteiger partial charge < -0.3 is 14.8 Å². The Balaban J connectivity index is 1.63. The summed E-state index contributed by atoms with van der Waals surface area (Å²) in [6.45, 7) is 5.66. The second-order valence-corrected chi connectivity index (χ2v) is 6.28. The van der Waals surface area contributed by atoms with Crippen LogP contribution in [0.5, 0.6) is 11.5 Å². The Kier molecular flexibility index (Phi) is 4.74. The zero-order valence-corrected chi connectivity index (χ0v) is 14.6. The molecule has 0 saturated carbocycles. The van der Waals surface area contributed by atoms with Gasteiger partial charge >= 0.3 is 5.97 Å². The summed E-state index contributed by atoms with van der Waals surface area (Å²) < 4.78 is 11.0. The Labute approximate surface area is 147 Å². The molecule has 0 unspecified atom stereocenters. The lowest BCUT2D eigenvalue weighted by Crippen LogP contribution is -2.20. The van der Waals surface area contributed by atoms with Gasteiger partial charge in [-0.2, -0.15) is 0 Å². The average molecular weight is 339 g/mol. The fraction of sp³-hybridized carbons (Fsp3) is 0.300. The minimum absolute atomic E-state index is 0.0219. The predicted molar refractivity (Wildman–Crippen MR) is 95.2 cm³/mol. The summed E-state index contributed by atoms with van der Waals surface area (Å²) in [5, 5.41) is 2.82. The molecule has 0 fully saturated rings. The van der Waals surface area contributed by atoms with Crippen molar-refractivity contribution in [2.75, 3.05) is 11.9 Å². The molecule has 0 spiro atoms. The minimum Gasteiger partial charge on any atom is -0.482 e. The monoisotopic (exact) mass is 339 g/mol. The third kappa shape index (κ3) is 3.82. The van der Waals surface area contributed by atoms with Gasteiger partial charge in [0.1, 0.15) is 11.5 Å². The number of amides is 1. The Hall–Kier alpha value is -2.82. The van der Waals surface area contributed by atoms with E-state index in [1.54, 1.807) is 12.1 Å². The number of rotatable bonds is 4. The number of carbonyl (C=O) groups excluding carboxylic acids is 2. The van der Waals surface area contributed by atoms with E-state index in [-0.39, 0.29) is 12.5 Å². The summed E-state index contributed by atoms with van der Waals surface area (Å²) in [6, 6.07) is 9.32. The minimum atomic E-state index is -0.442. The van der Waals surface area contributed by atoms with Gasteiger partial charge in [0, 0.05) is 12.1 Å². The van der Waals surface area contributed by atoms with E-state index < -0.39 is 5.97 Å². The van der Waals surface area contributed by atoms with Crippen LogP contribution in [-0.2, 0) is 16.0 Å². The first-order valence-corrected chi connectivity index (χ1v) is 8.27. The van der Waals surface area contributed by atoms with Crippen molar-refractivity contribution in [3.05, 3.63) is 52.6 Å². The van der Waals surface area contributed by atoms with Crippen molar-refractivity contribution in [2.45, 2.75) is 33.6 Å². The predicted octanol–water partition coefficient (Wildman–Crippen LogP) is 3.48. The molecule has 1 N–H and O–H groups in total. The molecule has 5 heteroatoms. The summed E-state index contributed by atoms with van der Waals surface area (Å²) in [7, 11) is 0. The fourth-order valence-corrected chi connectivity index (χ4v) is 2.82. The maximum Gasteiger partial charge on any atom is 0.349 e. The first-order chi connectivity index (χ1) is 11.9. The van der Waals surface area contributed by atoms with Crippen LogP contribution in [0, 0.1) is 20.8 Å². The van der Waals surface area contributed by atoms with E-state index in [0.717, 1.165) is 27.9 Å². The van der Waals surface area contributed by atoms with Crippen LogP contribution in [-0.4, -0.2) is 18.5 Å². The van der Waals surface area contributed by atoms with Crippen molar-refractivity contribution < 1.29 is 19.1 Å². The molecular weight excluding hydrogens is 318 g/mol. The van der Waals surface area contributed by atoms with Crippen LogP contribution in [0.15, 0.2) is 30.3 Å². The van der Waals surface area contributed by atoms with Crippen molar-refractivity contribution in [2.24, 2.45) is 0 Å². The maximum atomic E-state index is 12.1. The quantitative estimate of drug-likeness (QED) is 0.684. The molecule has 1 aliphatic heterocycles. The number of hydrogen-bond acceptors (Lipinski definition) is 4. The van der Waals surface area contributed by atoms with Gasteiger partial charge in [0.2, 0.25) is 5.91 Å². The van der Waals surface area contributed by atoms with Crippen LogP contribution in [0.2, 0.25) is 0 Å². The van der Waals surface area contributed by atoms with Crippen LogP contribution in [0.3, 0.4) is 0 Å². The second-order valence-electron chi connectivity index (χ2n) is 6.28. The summed E-state index contributed by atoms with van der Waals surface area (Å²) >= 11 is 0. The first-order valence-electron chi connectivity index (χ1n) is 8.27. The molecule has 1 aliphatic rings. The molecule has 130 valence electrons. The van der Waals surface area contributed by atoms with E-state index in [2.05, 4.69) is 5.32 Å². The molecule has 5 nitrogen and oxygen atoms in total. The Morgan fingerprint density at radius 3 is 2.64 bits per heavy atom. The van der Waals surface area contributed by atoms with Crippen molar-refractivity contribution in [1.82, 2.24) is 0 Å². The number of fused-ring (bicyclic) bond motifs is 1. The van der Waals surface area contributed by atoms with E-state index in [4.69, 9.17) is 9.47 Å². The zero-order valence-electron chi connectivity index (χ0n) is 14.6. The van der Waals surface area contributed by atoms with E-state index in [0.29, 0.717) is 24.3 Å². The molecule has 0 atom stereocenters. The van der Waals surface area contributed by atoms with E-state index in [9.17, 15) is 9.59 Å². The highest BCUT2D eigenvalue weighted by Crippen LogP contribution is 2.28. The summed E-state index contributed by atoms with van der Waals surface area (Å²) in [4.78, 5) is 23.5. The molecule has 1 heterocycles. The summed E-state index contributed by atoms with van der Waals surface area (Å²) in [5.41, 5.74) is 4.76. The average Bonchev–Trinajstić information content (AvgIpc) is 2.60. The van der Waals surface area contributed by atoms with E-state index in [1.807, 2.05) is 39.0 Å². The number of carbonyl (C=O) groups is 2. The molecule has 3 rings (SSSR count). The largest absolute Gasteiger partial charge is 0.482 e. The number of hydrogen-bond donors (Lipinski definition) is 1. The Morgan fingerprint density at radius 1 is 1.08 bits per heavy atom. The zero-order chi connectivity index (χ0) is 18.0. The van der Waals surface area contributed by atoms with Gasteiger partial charge in [-0.3, -0.25) is 4.79 Å². The van der Waals surface area contributed by atoms with Gasteiger partial charge in [0.05, 0.1) is 0 Å². The Morgan fingerprint density at radius 2 is 1.84 bits per heavy atom. The van der Waals surface area contributed by atoms with Crippen molar-refractivity contribution in [3.8, 4) is 11.5 Å². The summed E-state index contributed by atoms with van der Waals surface area (Å²) in [5.74, 6) is 0.766. The third-order valence-electron chi connectivity index (χ3n) is 4.42. The van der Waals surface area contributed by atoms with Crippen molar-refractivity contribution in [1.29, 1.82) is 0 Å². The molecule has 2 aromatic rings. The number of aryl methyl sites for hydroxylation is 3. The smallest absolute Gasteiger partial charge is 0.349 e. The normalized spacial score (nSPS) is 13.0. The molecule has 0 aromatic heterocycles. The third-order valence-corrected chi connectivity index (χ3v) is 4.42. The van der Waals surface area contributed by atoms with E-state index >= 15 is 0 Å². The number of ether oxygens (including phenoxy) is 2. The van der Waals surface area contributed by atoms with Gasteiger partial charge in [0.15, 0.2) is 6.61 Å². The topological polar surface area (TPSA) is 64.6 Å². The van der Waals surface area contributed by atoms with Gasteiger partial charge in [-0.15, -0.1) is 0 Å². The molecule has 2 aromatic carbocycles. The molecule has 1 amide bonds. The highest BCUT2D eigenvalue weighted by molar-refractivity contribution is 5.94.